The minimum atomic E-state index is -0.323. The van der Waals surface area contributed by atoms with Gasteiger partial charge in [0.15, 0.2) is 5.82 Å². The van der Waals surface area contributed by atoms with Gasteiger partial charge in [-0.1, -0.05) is 0 Å². The fourth-order valence-electron chi connectivity index (χ4n) is 2.58. The molecule has 7 heteroatoms. The molecule has 0 saturated heterocycles. The van der Waals surface area contributed by atoms with Crippen molar-refractivity contribution in [2.45, 2.75) is 13.8 Å². The maximum atomic E-state index is 12.2. The highest BCUT2D eigenvalue weighted by Crippen LogP contribution is 2.35. The molecular weight excluding hydrogens is 338 g/mol. The van der Waals surface area contributed by atoms with Crippen LogP contribution in [-0.4, -0.2) is 36.7 Å². The topological polar surface area (TPSA) is 73.3 Å². The van der Waals surface area contributed by atoms with E-state index in [1.54, 1.807) is 21.1 Å². The maximum absolute atomic E-state index is 12.2. The number of nitrogens with one attached hydrogen (secondary N) is 1. The summed E-state index contributed by atoms with van der Waals surface area (Å²) in [6.45, 7) is 4.03. The van der Waals surface area contributed by atoms with Crippen LogP contribution in [-0.2, 0) is 4.74 Å². The lowest BCUT2D eigenvalue weighted by Gasteiger charge is -2.07. The normalized spacial score (nSPS) is 10.7. The summed E-state index contributed by atoms with van der Waals surface area (Å²) in [5.41, 5.74) is 1.71. The van der Waals surface area contributed by atoms with Crippen LogP contribution in [0.1, 0.15) is 22.2 Å². The Bertz CT molecular complexity index is 919. The van der Waals surface area contributed by atoms with Gasteiger partial charge in [-0.25, -0.2) is 14.8 Å². The average Bonchev–Trinajstić information content (AvgIpc) is 2.98. The third kappa shape index (κ3) is 3.15. The van der Waals surface area contributed by atoms with Gasteiger partial charge < -0.3 is 14.8 Å². The van der Waals surface area contributed by atoms with Gasteiger partial charge in [0.25, 0.3) is 0 Å². The second-order valence-corrected chi connectivity index (χ2v) is 6.33. The van der Waals surface area contributed by atoms with Crippen LogP contribution < -0.4 is 10.1 Å². The molecule has 1 aromatic carbocycles. The zero-order valence-corrected chi connectivity index (χ0v) is 15.4. The standard InChI is InChI=1S/C18H19N3O3S/c1-5-24-18(22)14-10(2)13-16(19-3)20-15(21-17(13)25-14)11-6-8-12(23-4)9-7-11/h6-9H,5H2,1-4H3,(H,19,20,21). The van der Waals surface area contributed by atoms with Crippen LogP contribution in [0, 0.1) is 6.92 Å². The number of thiophene rings is 1. The molecule has 1 N–H and O–H groups in total. The first-order valence-corrected chi connectivity index (χ1v) is 8.71. The van der Waals surface area contributed by atoms with Gasteiger partial charge in [-0.15, -0.1) is 11.3 Å². The van der Waals surface area contributed by atoms with Crippen LogP contribution in [0.5, 0.6) is 5.75 Å². The van der Waals surface area contributed by atoms with E-state index in [4.69, 9.17) is 9.47 Å². The Balaban J connectivity index is 2.14. The second-order valence-electron chi connectivity index (χ2n) is 5.33. The average molecular weight is 357 g/mol. The molecular formula is C18H19N3O3S. The Kier molecular flexibility index (Phi) is 4.85. The molecule has 0 aliphatic heterocycles. The number of aryl methyl sites for hydroxylation is 1. The number of rotatable bonds is 5. The lowest BCUT2D eigenvalue weighted by Crippen LogP contribution is -2.03. The fraction of sp³-hybridized carbons (Fsp3) is 0.278. The van der Waals surface area contributed by atoms with Crippen molar-refractivity contribution >= 4 is 33.3 Å². The van der Waals surface area contributed by atoms with Crippen molar-refractivity contribution in [3.05, 3.63) is 34.7 Å². The van der Waals surface area contributed by atoms with E-state index in [9.17, 15) is 4.79 Å². The van der Waals surface area contributed by atoms with Gasteiger partial charge in [0.2, 0.25) is 0 Å². The van der Waals surface area contributed by atoms with Crippen LogP contribution in [0.4, 0.5) is 5.82 Å². The zero-order chi connectivity index (χ0) is 18.0. The van der Waals surface area contributed by atoms with Crippen molar-refractivity contribution in [3.8, 4) is 17.1 Å². The van der Waals surface area contributed by atoms with Gasteiger partial charge in [-0.05, 0) is 43.7 Å². The summed E-state index contributed by atoms with van der Waals surface area (Å²) in [7, 11) is 3.43. The number of nitrogens with zero attached hydrogens (tertiary/aromatic N) is 2. The van der Waals surface area contributed by atoms with E-state index in [-0.39, 0.29) is 5.97 Å². The van der Waals surface area contributed by atoms with Crippen molar-refractivity contribution in [2.75, 3.05) is 26.1 Å². The third-order valence-electron chi connectivity index (χ3n) is 3.84. The Morgan fingerprint density at radius 2 is 1.96 bits per heavy atom. The largest absolute Gasteiger partial charge is 0.497 e. The molecule has 3 rings (SSSR count). The molecule has 0 aliphatic carbocycles. The number of carbonyl (C=O) groups is 1. The monoisotopic (exact) mass is 357 g/mol. The Morgan fingerprint density at radius 1 is 1.24 bits per heavy atom. The first kappa shape index (κ1) is 17.2. The number of aromatic nitrogens is 2. The van der Waals surface area contributed by atoms with Crippen molar-refractivity contribution in [1.82, 2.24) is 9.97 Å². The lowest BCUT2D eigenvalue weighted by molar-refractivity contribution is 0.0531. The minimum Gasteiger partial charge on any atom is -0.497 e. The van der Waals surface area contributed by atoms with Gasteiger partial charge in [-0.3, -0.25) is 0 Å². The Morgan fingerprint density at radius 3 is 2.56 bits per heavy atom. The summed E-state index contributed by atoms with van der Waals surface area (Å²) in [5, 5.41) is 3.96. The Labute approximate surface area is 149 Å². The van der Waals surface area contributed by atoms with Crippen LogP contribution in [0.25, 0.3) is 21.6 Å². The number of hydrogen-bond acceptors (Lipinski definition) is 7. The molecule has 0 bridgehead atoms. The predicted octanol–water partition coefficient (Wildman–Crippen LogP) is 3.89. The van der Waals surface area contributed by atoms with Crippen molar-refractivity contribution in [3.63, 3.8) is 0 Å². The maximum Gasteiger partial charge on any atom is 0.348 e. The SMILES string of the molecule is CCOC(=O)c1sc2nc(-c3ccc(OC)cc3)nc(NC)c2c1C. The number of methoxy groups -OCH3 is 1. The van der Waals surface area contributed by atoms with E-state index >= 15 is 0 Å². The van der Waals surface area contributed by atoms with Gasteiger partial charge in [0, 0.05) is 12.6 Å². The molecule has 0 atom stereocenters. The van der Waals surface area contributed by atoms with Crippen LogP contribution >= 0.6 is 11.3 Å². The lowest BCUT2D eigenvalue weighted by atomic mass is 10.1. The molecule has 130 valence electrons. The van der Waals surface area contributed by atoms with Crippen LogP contribution in [0.3, 0.4) is 0 Å². The smallest absolute Gasteiger partial charge is 0.348 e. The summed E-state index contributed by atoms with van der Waals surface area (Å²) >= 11 is 1.33. The predicted molar refractivity (Wildman–Crippen MR) is 99.6 cm³/mol. The summed E-state index contributed by atoms with van der Waals surface area (Å²) in [5.74, 6) is 1.74. The molecule has 2 aromatic heterocycles. The highest BCUT2D eigenvalue weighted by atomic mass is 32.1. The highest BCUT2D eigenvalue weighted by Gasteiger charge is 2.21. The molecule has 3 aromatic rings. The van der Waals surface area contributed by atoms with E-state index in [0.717, 1.165) is 27.1 Å². The number of ether oxygens (including phenoxy) is 2. The van der Waals surface area contributed by atoms with E-state index in [2.05, 4.69) is 15.3 Å². The minimum absolute atomic E-state index is 0.323. The number of anilines is 1. The summed E-state index contributed by atoms with van der Waals surface area (Å²) in [6, 6.07) is 7.55. The number of fused-ring (bicyclic) bond motifs is 1. The van der Waals surface area contributed by atoms with Gasteiger partial charge >= 0.3 is 5.97 Å². The number of carbonyl (C=O) groups excluding carboxylic acids is 1. The van der Waals surface area contributed by atoms with Crippen molar-refractivity contribution < 1.29 is 14.3 Å². The van der Waals surface area contributed by atoms with E-state index < -0.39 is 0 Å². The molecule has 0 radical (unpaired) electrons. The van der Waals surface area contributed by atoms with Crippen LogP contribution in [0.2, 0.25) is 0 Å². The first-order chi connectivity index (χ1) is 12.1. The zero-order valence-electron chi connectivity index (χ0n) is 14.5. The van der Waals surface area contributed by atoms with E-state index in [1.807, 2.05) is 31.2 Å². The fourth-order valence-corrected chi connectivity index (χ4v) is 3.65. The number of hydrogen-bond donors (Lipinski definition) is 1. The van der Waals surface area contributed by atoms with Gasteiger partial charge in [0.05, 0.1) is 19.1 Å². The molecule has 0 spiro atoms. The summed E-state index contributed by atoms with van der Waals surface area (Å²) < 4.78 is 10.3. The molecule has 25 heavy (non-hydrogen) atoms. The molecule has 0 aliphatic rings. The molecule has 0 unspecified atom stereocenters. The molecule has 0 saturated carbocycles. The molecule has 0 amide bonds. The van der Waals surface area contributed by atoms with E-state index in [0.29, 0.717) is 23.1 Å². The van der Waals surface area contributed by atoms with Gasteiger partial charge in [-0.2, -0.15) is 0 Å². The molecule has 2 heterocycles. The highest BCUT2D eigenvalue weighted by molar-refractivity contribution is 7.20. The summed E-state index contributed by atoms with van der Waals surface area (Å²) in [4.78, 5) is 22.8. The molecule has 0 fully saturated rings. The van der Waals surface area contributed by atoms with Crippen LogP contribution in [0.15, 0.2) is 24.3 Å². The van der Waals surface area contributed by atoms with Crippen molar-refractivity contribution in [1.29, 1.82) is 0 Å². The van der Waals surface area contributed by atoms with Gasteiger partial charge in [0.1, 0.15) is 21.3 Å². The Hall–Kier alpha value is -2.67. The second kappa shape index (κ2) is 7.06. The third-order valence-corrected chi connectivity index (χ3v) is 5.00. The van der Waals surface area contributed by atoms with E-state index in [1.165, 1.54) is 11.3 Å². The summed E-state index contributed by atoms with van der Waals surface area (Å²) in [6.07, 6.45) is 0. The van der Waals surface area contributed by atoms with Crippen molar-refractivity contribution in [2.24, 2.45) is 0 Å². The quantitative estimate of drug-likeness (QED) is 0.698. The number of esters is 1. The first-order valence-electron chi connectivity index (χ1n) is 7.89. The molecule has 6 nitrogen and oxygen atoms in total. The number of benzene rings is 1.